The third kappa shape index (κ3) is 2.32. The number of hydrogen-bond donors (Lipinski definition) is 1. The van der Waals surface area contributed by atoms with Gasteiger partial charge in [-0.05, 0) is 29.7 Å². The minimum atomic E-state index is -0.205. The number of pyridine rings is 1. The van der Waals surface area contributed by atoms with Crippen molar-refractivity contribution in [2.45, 2.75) is 13.0 Å². The van der Waals surface area contributed by atoms with Crippen LogP contribution >= 0.6 is 0 Å². The molecule has 0 unspecified atom stereocenters. The molecule has 1 aromatic heterocycles. The molecule has 0 spiro atoms. The van der Waals surface area contributed by atoms with E-state index in [0.29, 0.717) is 18.5 Å². The highest BCUT2D eigenvalue weighted by Gasteiger charge is 2.23. The van der Waals surface area contributed by atoms with E-state index in [-0.39, 0.29) is 16.9 Å². The van der Waals surface area contributed by atoms with Crippen molar-refractivity contribution in [3.05, 3.63) is 81.6 Å². The molecule has 1 aliphatic heterocycles. The highest BCUT2D eigenvalue weighted by molar-refractivity contribution is 5.97. The summed E-state index contributed by atoms with van der Waals surface area (Å²) in [6.07, 6.45) is 2.36. The first-order chi connectivity index (χ1) is 11.2. The van der Waals surface area contributed by atoms with Gasteiger partial charge < -0.3 is 9.88 Å². The first kappa shape index (κ1) is 13.8. The monoisotopic (exact) mass is 304 g/mol. The summed E-state index contributed by atoms with van der Waals surface area (Å²) >= 11 is 0. The maximum absolute atomic E-state index is 12.8. The summed E-state index contributed by atoms with van der Waals surface area (Å²) in [6.45, 7) is 1.20. The van der Waals surface area contributed by atoms with E-state index in [1.165, 1.54) is 11.8 Å². The molecule has 0 saturated carbocycles. The van der Waals surface area contributed by atoms with Gasteiger partial charge in [0.2, 0.25) is 5.43 Å². The van der Waals surface area contributed by atoms with Crippen LogP contribution in [0.5, 0.6) is 0 Å². The number of nitrogens with one attached hydrogen (secondary N) is 1. The second-order valence-electron chi connectivity index (χ2n) is 5.82. The zero-order valence-corrected chi connectivity index (χ0v) is 12.6. The SMILES string of the molecule is O=C(c1c[nH]c2ccccc2c1=O)N1CCc2ccccc2C1. The molecule has 3 aromatic rings. The van der Waals surface area contributed by atoms with Crippen LogP contribution in [0.2, 0.25) is 0 Å². The molecule has 0 fully saturated rings. The zero-order chi connectivity index (χ0) is 15.8. The average molecular weight is 304 g/mol. The Morgan fingerprint density at radius 1 is 1.00 bits per heavy atom. The molecule has 4 rings (SSSR count). The van der Waals surface area contributed by atoms with Crippen LogP contribution in [-0.2, 0) is 13.0 Å². The van der Waals surface area contributed by atoms with Gasteiger partial charge in [0, 0.05) is 30.2 Å². The molecule has 0 saturated heterocycles. The number of aromatic amines is 1. The molecule has 0 bridgehead atoms. The molecule has 0 aliphatic carbocycles. The van der Waals surface area contributed by atoms with Crippen molar-refractivity contribution in [2.75, 3.05) is 6.54 Å². The second kappa shape index (κ2) is 5.39. The van der Waals surface area contributed by atoms with Crippen molar-refractivity contribution in [1.82, 2.24) is 9.88 Å². The van der Waals surface area contributed by atoms with Gasteiger partial charge >= 0.3 is 0 Å². The Labute approximate surface area is 133 Å². The van der Waals surface area contributed by atoms with Crippen molar-refractivity contribution >= 4 is 16.8 Å². The molecular weight excluding hydrogens is 288 g/mol. The number of hydrogen-bond acceptors (Lipinski definition) is 2. The van der Waals surface area contributed by atoms with E-state index in [4.69, 9.17) is 0 Å². The molecule has 4 heteroatoms. The van der Waals surface area contributed by atoms with Crippen LogP contribution in [0.15, 0.2) is 59.5 Å². The second-order valence-corrected chi connectivity index (χ2v) is 5.82. The fourth-order valence-electron chi connectivity index (χ4n) is 3.17. The summed E-state index contributed by atoms with van der Waals surface area (Å²) < 4.78 is 0. The predicted molar refractivity (Wildman–Crippen MR) is 89.5 cm³/mol. The summed E-state index contributed by atoms with van der Waals surface area (Å²) in [5.41, 5.74) is 3.19. The minimum Gasteiger partial charge on any atom is -0.360 e. The lowest BCUT2D eigenvalue weighted by Gasteiger charge is -2.28. The summed E-state index contributed by atoms with van der Waals surface area (Å²) in [6, 6.07) is 15.4. The van der Waals surface area contributed by atoms with Gasteiger partial charge in [-0.2, -0.15) is 0 Å². The molecule has 1 amide bonds. The molecule has 0 radical (unpaired) electrons. The Morgan fingerprint density at radius 3 is 2.61 bits per heavy atom. The number of benzene rings is 2. The quantitative estimate of drug-likeness (QED) is 0.751. The number of fused-ring (bicyclic) bond motifs is 2. The van der Waals surface area contributed by atoms with Crippen molar-refractivity contribution in [3.8, 4) is 0 Å². The van der Waals surface area contributed by atoms with Gasteiger partial charge in [-0.25, -0.2) is 0 Å². The lowest BCUT2D eigenvalue weighted by molar-refractivity contribution is 0.0733. The van der Waals surface area contributed by atoms with Crippen LogP contribution in [0, 0.1) is 0 Å². The van der Waals surface area contributed by atoms with E-state index in [9.17, 15) is 9.59 Å². The van der Waals surface area contributed by atoms with Gasteiger partial charge in [0.05, 0.1) is 0 Å². The fourth-order valence-corrected chi connectivity index (χ4v) is 3.17. The summed E-state index contributed by atoms with van der Waals surface area (Å²) in [4.78, 5) is 30.2. The van der Waals surface area contributed by atoms with E-state index in [0.717, 1.165) is 17.5 Å². The minimum absolute atomic E-state index is 0.202. The highest BCUT2D eigenvalue weighted by Crippen LogP contribution is 2.20. The predicted octanol–water partition coefficient (Wildman–Crippen LogP) is 2.73. The highest BCUT2D eigenvalue weighted by atomic mass is 16.2. The van der Waals surface area contributed by atoms with Crippen LogP contribution in [-0.4, -0.2) is 22.3 Å². The normalized spacial score (nSPS) is 13.8. The summed E-state index contributed by atoms with van der Waals surface area (Å²) in [5, 5.41) is 0.552. The number of amides is 1. The Balaban J connectivity index is 1.71. The van der Waals surface area contributed by atoms with E-state index < -0.39 is 0 Å². The van der Waals surface area contributed by atoms with Gasteiger partial charge in [-0.3, -0.25) is 9.59 Å². The molecular formula is C19H16N2O2. The van der Waals surface area contributed by atoms with Gasteiger partial charge in [0.1, 0.15) is 5.56 Å². The Bertz CT molecular complexity index is 959. The van der Waals surface area contributed by atoms with Gasteiger partial charge in [-0.1, -0.05) is 36.4 Å². The van der Waals surface area contributed by atoms with E-state index in [1.807, 2.05) is 36.4 Å². The molecule has 2 aromatic carbocycles. The lowest BCUT2D eigenvalue weighted by atomic mass is 9.99. The van der Waals surface area contributed by atoms with Crippen LogP contribution in [0.25, 0.3) is 10.9 Å². The van der Waals surface area contributed by atoms with E-state index in [2.05, 4.69) is 11.1 Å². The smallest absolute Gasteiger partial charge is 0.259 e. The first-order valence-corrected chi connectivity index (χ1v) is 7.70. The number of carbonyl (C=O) groups excluding carboxylic acids is 1. The maximum Gasteiger partial charge on any atom is 0.259 e. The summed E-state index contributed by atoms with van der Waals surface area (Å²) in [7, 11) is 0. The van der Waals surface area contributed by atoms with Crippen molar-refractivity contribution in [1.29, 1.82) is 0 Å². The molecule has 1 N–H and O–H groups in total. The molecule has 2 heterocycles. The Morgan fingerprint density at radius 2 is 1.74 bits per heavy atom. The third-order valence-electron chi connectivity index (χ3n) is 4.44. The summed E-state index contributed by atoms with van der Waals surface area (Å²) in [5.74, 6) is -0.202. The number of nitrogens with zero attached hydrogens (tertiary/aromatic N) is 1. The average Bonchev–Trinajstić information content (AvgIpc) is 2.61. The van der Waals surface area contributed by atoms with Crippen LogP contribution in [0.1, 0.15) is 21.5 Å². The molecule has 1 aliphatic rings. The first-order valence-electron chi connectivity index (χ1n) is 7.70. The molecule has 114 valence electrons. The van der Waals surface area contributed by atoms with E-state index >= 15 is 0 Å². The molecule has 23 heavy (non-hydrogen) atoms. The fraction of sp³-hybridized carbons (Fsp3) is 0.158. The Hall–Kier alpha value is -2.88. The standard InChI is InChI=1S/C19H16N2O2/c22-18-15-7-3-4-8-17(15)20-11-16(18)19(23)21-10-9-13-5-1-2-6-14(13)12-21/h1-8,11H,9-10,12H2,(H,20,22). The zero-order valence-electron chi connectivity index (χ0n) is 12.6. The van der Waals surface area contributed by atoms with Crippen molar-refractivity contribution in [2.24, 2.45) is 0 Å². The molecule has 0 atom stereocenters. The van der Waals surface area contributed by atoms with Crippen LogP contribution < -0.4 is 5.43 Å². The van der Waals surface area contributed by atoms with Gasteiger partial charge in [0.25, 0.3) is 5.91 Å². The van der Waals surface area contributed by atoms with Crippen LogP contribution in [0.3, 0.4) is 0 Å². The van der Waals surface area contributed by atoms with Crippen LogP contribution in [0.4, 0.5) is 0 Å². The maximum atomic E-state index is 12.8. The van der Waals surface area contributed by atoms with Gasteiger partial charge in [0.15, 0.2) is 0 Å². The van der Waals surface area contributed by atoms with Crippen molar-refractivity contribution in [3.63, 3.8) is 0 Å². The number of aromatic nitrogens is 1. The van der Waals surface area contributed by atoms with Gasteiger partial charge in [-0.15, -0.1) is 0 Å². The molecule has 4 nitrogen and oxygen atoms in total. The van der Waals surface area contributed by atoms with E-state index in [1.54, 1.807) is 11.0 Å². The number of rotatable bonds is 1. The topological polar surface area (TPSA) is 53.2 Å². The number of para-hydroxylation sites is 1. The number of H-pyrrole nitrogens is 1. The lowest BCUT2D eigenvalue weighted by Crippen LogP contribution is -2.38. The Kier molecular flexibility index (Phi) is 3.23. The third-order valence-corrected chi connectivity index (χ3v) is 4.44. The largest absolute Gasteiger partial charge is 0.360 e. The van der Waals surface area contributed by atoms with Crippen molar-refractivity contribution < 1.29 is 4.79 Å². The number of carbonyl (C=O) groups is 1.